The molecule has 3 aromatic rings. The molecule has 168 valence electrons. The van der Waals surface area contributed by atoms with E-state index in [0.717, 1.165) is 18.4 Å². The van der Waals surface area contributed by atoms with E-state index in [9.17, 15) is 9.59 Å². The molecule has 1 aromatic carbocycles. The van der Waals surface area contributed by atoms with Gasteiger partial charge < -0.3 is 14.6 Å². The van der Waals surface area contributed by atoms with Gasteiger partial charge in [0.2, 0.25) is 0 Å². The number of rotatable bonds is 4. The van der Waals surface area contributed by atoms with Gasteiger partial charge in [-0.1, -0.05) is 35.5 Å². The smallest absolute Gasteiger partial charge is 0.331 e. The number of H-pyrrole nitrogens is 1. The van der Waals surface area contributed by atoms with Gasteiger partial charge in [0.25, 0.3) is 5.56 Å². The zero-order valence-corrected chi connectivity index (χ0v) is 17.7. The number of fused-ring (bicyclic) bond motifs is 1. The predicted octanol–water partition coefficient (Wildman–Crippen LogP) is 0.699. The van der Waals surface area contributed by atoms with Crippen LogP contribution in [0.2, 0.25) is 0 Å². The molecule has 0 aliphatic carbocycles. The van der Waals surface area contributed by atoms with E-state index in [-0.39, 0.29) is 23.0 Å². The first-order valence-electron chi connectivity index (χ1n) is 10.9. The summed E-state index contributed by atoms with van der Waals surface area (Å²) in [6.07, 6.45) is 1.68. The van der Waals surface area contributed by atoms with Crippen LogP contribution in [-0.4, -0.2) is 80.3 Å². The molecule has 1 atom stereocenters. The summed E-state index contributed by atoms with van der Waals surface area (Å²) in [5, 5.41) is 10.0. The van der Waals surface area contributed by atoms with Gasteiger partial charge in [-0.15, -0.1) is 5.10 Å². The minimum absolute atomic E-state index is 0.0589. The van der Waals surface area contributed by atoms with E-state index < -0.39 is 0 Å². The number of hydrogen-bond acceptors (Lipinski definition) is 7. The number of piperidine rings is 1. The Morgan fingerprint density at radius 3 is 2.81 bits per heavy atom. The molecule has 11 heteroatoms. The number of nitrogens with one attached hydrogen (secondary N) is 2. The van der Waals surface area contributed by atoms with E-state index >= 15 is 0 Å². The van der Waals surface area contributed by atoms with Gasteiger partial charge >= 0.3 is 6.03 Å². The lowest BCUT2D eigenvalue weighted by molar-refractivity contribution is 0.0152. The molecule has 0 radical (unpaired) electrons. The van der Waals surface area contributed by atoms with E-state index in [1.165, 1.54) is 0 Å². The lowest BCUT2D eigenvalue weighted by atomic mass is 9.97. The summed E-state index contributed by atoms with van der Waals surface area (Å²) in [6, 6.07) is 9.73. The molecular formula is C21H26N8O3. The van der Waals surface area contributed by atoms with Gasteiger partial charge in [0.05, 0.1) is 19.8 Å². The van der Waals surface area contributed by atoms with Crippen LogP contribution in [0.1, 0.15) is 30.1 Å². The predicted molar refractivity (Wildman–Crippen MR) is 116 cm³/mol. The summed E-state index contributed by atoms with van der Waals surface area (Å²) in [4.78, 5) is 34.8. The largest absolute Gasteiger partial charge is 0.379 e. The number of urea groups is 1. The lowest BCUT2D eigenvalue weighted by Gasteiger charge is -2.35. The number of morpholine rings is 1. The SMILES string of the molecule is O=C(NN1CCOCC1)N1CCCC(c2nc3c(nnn3Cc3ccccc3)c(=O)[nH]2)C1. The van der Waals surface area contributed by atoms with Crippen LogP contribution in [-0.2, 0) is 11.3 Å². The summed E-state index contributed by atoms with van der Waals surface area (Å²) in [7, 11) is 0. The quantitative estimate of drug-likeness (QED) is 0.615. The van der Waals surface area contributed by atoms with Crippen LogP contribution in [0.4, 0.5) is 4.79 Å². The molecular weight excluding hydrogens is 412 g/mol. The van der Waals surface area contributed by atoms with Crippen LogP contribution in [0, 0.1) is 0 Å². The van der Waals surface area contributed by atoms with Crippen LogP contribution in [0.25, 0.3) is 11.2 Å². The molecule has 0 bridgehead atoms. The second-order valence-corrected chi connectivity index (χ2v) is 8.16. The molecule has 2 aliphatic rings. The van der Waals surface area contributed by atoms with Gasteiger partial charge in [-0.2, -0.15) is 0 Å². The molecule has 11 nitrogen and oxygen atoms in total. The third-order valence-electron chi connectivity index (χ3n) is 5.93. The number of amides is 2. The number of aromatic nitrogens is 5. The molecule has 2 N–H and O–H groups in total. The molecule has 1 unspecified atom stereocenters. The fraction of sp³-hybridized carbons (Fsp3) is 0.476. The Labute approximate surface area is 184 Å². The molecule has 0 spiro atoms. The van der Waals surface area contributed by atoms with Crippen LogP contribution >= 0.6 is 0 Å². The Kier molecular flexibility index (Phi) is 5.82. The number of likely N-dealkylation sites (tertiary alicyclic amines) is 1. The molecule has 5 rings (SSSR count). The van der Waals surface area contributed by atoms with Gasteiger partial charge in [-0.3, -0.25) is 10.2 Å². The van der Waals surface area contributed by atoms with E-state index in [1.807, 2.05) is 35.3 Å². The van der Waals surface area contributed by atoms with Gasteiger partial charge in [0, 0.05) is 32.1 Å². The highest BCUT2D eigenvalue weighted by molar-refractivity contribution is 5.74. The van der Waals surface area contributed by atoms with Gasteiger partial charge in [0.15, 0.2) is 11.2 Å². The topological polar surface area (TPSA) is 121 Å². The van der Waals surface area contributed by atoms with E-state index in [4.69, 9.17) is 9.72 Å². The Bertz CT molecular complexity index is 1140. The number of hydrazine groups is 1. The van der Waals surface area contributed by atoms with Crippen molar-refractivity contribution in [2.45, 2.75) is 25.3 Å². The minimum atomic E-state index is -0.306. The zero-order chi connectivity index (χ0) is 21.9. The van der Waals surface area contributed by atoms with Crippen molar-refractivity contribution < 1.29 is 9.53 Å². The second kappa shape index (κ2) is 9.05. The number of carbonyl (C=O) groups is 1. The van der Waals surface area contributed by atoms with Crippen molar-refractivity contribution in [3.63, 3.8) is 0 Å². The van der Waals surface area contributed by atoms with Crippen molar-refractivity contribution in [2.75, 3.05) is 39.4 Å². The number of benzene rings is 1. The molecule has 2 aromatic heterocycles. The summed E-state index contributed by atoms with van der Waals surface area (Å²) >= 11 is 0. The zero-order valence-electron chi connectivity index (χ0n) is 17.7. The van der Waals surface area contributed by atoms with Crippen molar-refractivity contribution in [2.24, 2.45) is 0 Å². The molecule has 0 saturated carbocycles. The third-order valence-corrected chi connectivity index (χ3v) is 5.93. The highest BCUT2D eigenvalue weighted by Crippen LogP contribution is 2.24. The first-order chi connectivity index (χ1) is 15.7. The standard InChI is InChI=1S/C21H26N8O3/c30-20-17-19(29(26-24-17)13-15-5-2-1-3-6-15)22-18(23-20)16-7-4-8-27(14-16)21(31)25-28-9-11-32-12-10-28/h1-3,5-6,16H,4,7-14H2,(H,25,31)(H,22,23,30). The number of hydrogen-bond donors (Lipinski definition) is 2. The summed E-state index contributed by atoms with van der Waals surface area (Å²) in [6.45, 7) is 4.21. The average Bonchev–Trinajstić information content (AvgIpc) is 3.23. The van der Waals surface area contributed by atoms with Gasteiger partial charge in [-0.05, 0) is 18.4 Å². The number of carbonyl (C=O) groups excluding carboxylic acids is 1. The Morgan fingerprint density at radius 1 is 1.19 bits per heavy atom. The molecule has 2 aliphatic heterocycles. The van der Waals surface area contributed by atoms with Crippen LogP contribution in [0.5, 0.6) is 0 Å². The fourth-order valence-corrected chi connectivity index (χ4v) is 4.21. The molecule has 4 heterocycles. The number of ether oxygens (including phenoxy) is 1. The maximum Gasteiger partial charge on any atom is 0.331 e. The number of aromatic amines is 1. The Morgan fingerprint density at radius 2 is 2.00 bits per heavy atom. The Balaban J connectivity index is 1.34. The maximum atomic E-state index is 12.8. The van der Waals surface area contributed by atoms with Crippen molar-refractivity contribution in [3.05, 3.63) is 52.1 Å². The highest BCUT2D eigenvalue weighted by Gasteiger charge is 2.28. The van der Waals surface area contributed by atoms with E-state index in [0.29, 0.717) is 57.4 Å². The lowest BCUT2D eigenvalue weighted by Crippen LogP contribution is -2.54. The first kappa shape index (κ1) is 20.6. The Hall–Kier alpha value is -3.31. The van der Waals surface area contributed by atoms with Gasteiger partial charge in [0.1, 0.15) is 5.82 Å². The van der Waals surface area contributed by atoms with Crippen molar-refractivity contribution in [3.8, 4) is 0 Å². The summed E-state index contributed by atoms with van der Waals surface area (Å²) < 4.78 is 6.98. The van der Waals surface area contributed by atoms with Crippen molar-refractivity contribution in [1.82, 2.24) is 40.3 Å². The maximum absolute atomic E-state index is 12.8. The van der Waals surface area contributed by atoms with Crippen LogP contribution in [0.3, 0.4) is 0 Å². The van der Waals surface area contributed by atoms with E-state index in [1.54, 1.807) is 9.58 Å². The third kappa shape index (κ3) is 4.34. The normalized spacial score (nSPS) is 19.9. The summed E-state index contributed by atoms with van der Waals surface area (Å²) in [5.41, 5.74) is 4.38. The number of nitrogens with zero attached hydrogens (tertiary/aromatic N) is 6. The average molecular weight is 438 g/mol. The van der Waals surface area contributed by atoms with Crippen LogP contribution < -0.4 is 11.0 Å². The van der Waals surface area contributed by atoms with Crippen molar-refractivity contribution in [1.29, 1.82) is 0 Å². The highest BCUT2D eigenvalue weighted by atomic mass is 16.5. The van der Waals surface area contributed by atoms with Crippen molar-refractivity contribution >= 4 is 17.2 Å². The minimum Gasteiger partial charge on any atom is -0.379 e. The molecule has 2 amide bonds. The van der Waals surface area contributed by atoms with Crippen LogP contribution in [0.15, 0.2) is 35.1 Å². The van der Waals surface area contributed by atoms with Gasteiger partial charge in [-0.25, -0.2) is 19.5 Å². The monoisotopic (exact) mass is 438 g/mol. The van der Waals surface area contributed by atoms with E-state index in [2.05, 4.69) is 20.7 Å². The summed E-state index contributed by atoms with van der Waals surface area (Å²) in [5.74, 6) is 0.513. The fourth-order valence-electron chi connectivity index (χ4n) is 4.21. The molecule has 2 saturated heterocycles. The first-order valence-corrected chi connectivity index (χ1v) is 10.9. The second-order valence-electron chi connectivity index (χ2n) is 8.16. The molecule has 2 fully saturated rings. The molecule has 32 heavy (non-hydrogen) atoms.